The van der Waals surface area contributed by atoms with E-state index in [4.69, 9.17) is 15.7 Å². The van der Waals surface area contributed by atoms with Crippen LogP contribution < -0.4 is 38.5 Å². The molecule has 512 valence electrons. The van der Waals surface area contributed by atoms with Crippen molar-refractivity contribution < 1.29 is 53.0 Å². The molecule has 10 rings (SSSR count). The van der Waals surface area contributed by atoms with Gasteiger partial charge in [-0.3, -0.25) is 60.8 Å². The summed E-state index contributed by atoms with van der Waals surface area (Å²) in [7, 11) is 7.92. The Kier molecular flexibility index (Phi) is 29.3. The molecule has 96 heavy (non-hydrogen) atoms. The zero-order valence-corrected chi connectivity index (χ0v) is 55.7. The van der Waals surface area contributed by atoms with Crippen molar-refractivity contribution in [2.24, 2.45) is 21.7 Å². The van der Waals surface area contributed by atoms with E-state index in [9.17, 15) is 43.2 Å². The molecule has 10 N–H and O–H groups in total. The lowest BCUT2D eigenvalue weighted by Gasteiger charge is -2.29. The number of carbonyl (C=O) groups is 9. The zero-order valence-electron chi connectivity index (χ0n) is 55.7. The van der Waals surface area contributed by atoms with Crippen LogP contribution in [0, 0.1) is 0 Å². The first kappa shape index (κ1) is 74.8. The molecule has 5 heterocycles. The Morgan fingerprint density at radius 3 is 1.47 bits per heavy atom. The van der Waals surface area contributed by atoms with Gasteiger partial charge in [0.05, 0.1) is 18.1 Å². The Bertz CT molecular complexity index is 3650. The van der Waals surface area contributed by atoms with Gasteiger partial charge in [0, 0.05) is 89.3 Å². The van der Waals surface area contributed by atoms with Crippen LogP contribution in [0.1, 0.15) is 117 Å². The number of aromatic carboxylic acids is 1. The number of nitrogens with one attached hydrogen (secondary N) is 5. The quantitative estimate of drug-likeness (QED) is 0.0169. The molecule has 27 nitrogen and oxygen atoms in total. The van der Waals surface area contributed by atoms with Gasteiger partial charge >= 0.3 is 24.1 Å². The number of aliphatic imine (C=N–C) groups is 2. The van der Waals surface area contributed by atoms with E-state index in [0.29, 0.717) is 68.8 Å². The summed E-state index contributed by atoms with van der Waals surface area (Å²) in [5.74, 6) is 7.90. The van der Waals surface area contributed by atoms with Crippen LogP contribution >= 0.6 is 0 Å². The summed E-state index contributed by atoms with van der Waals surface area (Å²) in [5.41, 5.74) is 9.85. The van der Waals surface area contributed by atoms with Crippen LogP contribution in [0.2, 0.25) is 0 Å². The number of hydrazine groups is 3. The molecule has 0 saturated carbocycles. The van der Waals surface area contributed by atoms with Crippen molar-refractivity contribution in [1.29, 1.82) is 0 Å². The lowest BCUT2D eigenvalue weighted by molar-refractivity contribution is -0.127. The molecule has 4 aromatic carbocycles. The highest BCUT2D eigenvalue weighted by molar-refractivity contribution is 6.06. The highest BCUT2D eigenvalue weighted by atomic mass is 16.6. The average Bonchev–Trinajstić information content (AvgIpc) is 1.60. The number of hydrogen-bond donors (Lipinski definition) is 8. The molecule has 6 aromatic rings. The van der Waals surface area contributed by atoms with Gasteiger partial charge in [-0.2, -0.15) is 0 Å². The molecule has 2 aromatic heterocycles. The molecule has 3 saturated heterocycles. The Balaban J connectivity index is 0.000000208. The van der Waals surface area contributed by atoms with Crippen molar-refractivity contribution in [1.82, 2.24) is 61.5 Å². The summed E-state index contributed by atoms with van der Waals surface area (Å²) < 4.78 is 5.76. The number of amides is 9. The second kappa shape index (κ2) is 37.6. The molecule has 3 aliphatic heterocycles. The van der Waals surface area contributed by atoms with Crippen LogP contribution in [-0.4, -0.2) is 204 Å². The van der Waals surface area contributed by atoms with Crippen LogP contribution in [0.5, 0.6) is 0 Å². The van der Waals surface area contributed by atoms with Gasteiger partial charge in [0.1, 0.15) is 36.7 Å². The lowest BCUT2D eigenvalue weighted by Crippen LogP contribution is -2.55. The normalized spacial score (nSPS) is 16.9. The minimum absolute atomic E-state index is 0.0106. The molecular weight excluding hydrogens is 1230 g/mol. The molecule has 6 atom stereocenters. The predicted molar refractivity (Wildman–Crippen MR) is 367 cm³/mol. The Morgan fingerprint density at radius 2 is 1.02 bits per heavy atom. The zero-order chi connectivity index (χ0) is 69.8. The molecule has 1 aliphatic carbocycles. The number of aromatic nitrogens is 2. The van der Waals surface area contributed by atoms with Gasteiger partial charge in [0.2, 0.25) is 17.7 Å². The number of aldehydes is 1. The van der Waals surface area contributed by atoms with Crippen LogP contribution in [0.25, 0.3) is 32.7 Å². The van der Waals surface area contributed by atoms with Crippen LogP contribution in [0.4, 0.5) is 14.4 Å². The number of rotatable bonds is 16. The summed E-state index contributed by atoms with van der Waals surface area (Å²) in [4.78, 5) is 130. The molecule has 27 heteroatoms. The highest BCUT2D eigenvalue weighted by Gasteiger charge is 2.39. The van der Waals surface area contributed by atoms with E-state index in [1.165, 1.54) is 58.5 Å². The minimum atomic E-state index is -0.989. The molecule has 4 aliphatic rings. The smallest absolute Gasteiger partial charge is 0.410 e. The molecule has 0 spiro atoms. The van der Waals surface area contributed by atoms with Gasteiger partial charge < -0.3 is 40.4 Å². The molecule has 0 radical (unpaired) electrons. The molecule has 0 unspecified atom stereocenters. The van der Waals surface area contributed by atoms with E-state index in [0.717, 1.165) is 46.5 Å². The van der Waals surface area contributed by atoms with Crippen LogP contribution in [0.3, 0.4) is 0 Å². The summed E-state index contributed by atoms with van der Waals surface area (Å²) >= 11 is 0. The van der Waals surface area contributed by atoms with Crippen molar-refractivity contribution in [3.63, 3.8) is 0 Å². The largest absolute Gasteiger partial charge is 0.476 e. The maximum absolute atomic E-state index is 12.9. The third-order valence-electron chi connectivity index (χ3n) is 16.5. The average molecular weight is 1320 g/mol. The fraction of sp³-hybridized carbons (Fsp3) is 0.406. The van der Waals surface area contributed by atoms with Crippen molar-refractivity contribution in [3.8, 4) is 11.1 Å². The van der Waals surface area contributed by atoms with E-state index in [1.54, 1.807) is 75.7 Å². The van der Waals surface area contributed by atoms with Gasteiger partial charge in [-0.05, 0) is 110 Å². The van der Waals surface area contributed by atoms with Crippen LogP contribution in [0.15, 0.2) is 132 Å². The number of benzene rings is 4. The summed E-state index contributed by atoms with van der Waals surface area (Å²) in [6.07, 6.45) is 12.8. The van der Waals surface area contributed by atoms with Gasteiger partial charge in [0.15, 0.2) is 5.69 Å². The van der Waals surface area contributed by atoms with Crippen molar-refractivity contribution in [3.05, 3.63) is 144 Å². The number of ether oxygens (including phenoxy) is 1. The fourth-order valence-corrected chi connectivity index (χ4v) is 11.6. The number of pyridine rings is 2. The molecular formula is C69H90N16O11. The maximum Gasteiger partial charge on any atom is 0.410 e. The second-order valence-corrected chi connectivity index (χ2v) is 22.9. The van der Waals surface area contributed by atoms with Crippen LogP contribution in [-0.2, 0) is 23.9 Å². The predicted octanol–water partition coefficient (Wildman–Crippen LogP) is 6.47. The number of carbonyl (C=O) groups excluding carboxylic acids is 8. The Labute approximate surface area is 559 Å². The first-order valence-corrected chi connectivity index (χ1v) is 32.1. The van der Waals surface area contributed by atoms with Crippen molar-refractivity contribution in [2.75, 3.05) is 61.5 Å². The van der Waals surface area contributed by atoms with E-state index >= 15 is 0 Å². The minimum Gasteiger partial charge on any atom is -0.476 e. The molecule has 0 bridgehead atoms. The number of carboxylic acids is 1. The number of fused-ring (bicyclic) bond motifs is 5. The third-order valence-corrected chi connectivity index (χ3v) is 16.5. The summed E-state index contributed by atoms with van der Waals surface area (Å²) in [6.45, 7) is 7.51. The SMILES string of the molecule is CC[C@@H](C=NC)NC(=O)[C@@H]1CCCN1C(=O)N(C)N.CC[C@@H](C=NC)NC(=O)[C@@H]1CCCN1C(=O)OCC1c2ccccc2-c2ccccc21.CC[C@@H](C=O)NC(=O)[C@@H]1CCCN1C(=O)N(C)NC(=O)c1nccc2ccccc12.CNN.O=C(O)c1nccc2ccccc12. The molecule has 3 fully saturated rings. The number of nitrogens with zero attached hydrogens (tertiary/aromatic N) is 9. The van der Waals surface area contributed by atoms with Gasteiger partial charge in [0.25, 0.3) is 5.91 Å². The maximum atomic E-state index is 12.9. The Morgan fingerprint density at radius 1 is 0.615 bits per heavy atom. The van der Waals surface area contributed by atoms with E-state index < -0.39 is 48.2 Å². The number of hydrogen-bond acceptors (Lipinski definition) is 17. The Hall–Kier alpha value is -10.3. The van der Waals surface area contributed by atoms with Gasteiger partial charge in [-0.25, -0.2) is 35.0 Å². The number of nitrogens with two attached hydrogens (primary N) is 2. The fourth-order valence-electron chi connectivity index (χ4n) is 11.6. The second-order valence-electron chi connectivity index (χ2n) is 22.9. The standard InChI is InChI=1S/C25H29N3O3.C21H25N5O4.C12H23N5O2.C10H7NO2.CH6N2/c1-3-17(15-26-2)27-24(29)23-13-8-14-28(23)25(30)31-16-22-20-11-6-4-9-18(20)19-10-5-7-12-21(19)22;1-3-15(13-27)23-19(28)17-9-6-12-26(17)21(30)25(2)24-20(29)18-16-8-5-4-7-14(16)10-11-22-18;1-4-9(8-14-2)15-11(18)10-6-5-7-17(10)12(19)16(3)13;12-10(13)9-8-4-2-1-3-7(8)5-6-11-9;1-3-2/h4-7,9-12,15,17,22-23H,3,8,13-14,16H2,1-2H3,(H,27,29);4-5,7-8,10-11,13,15,17H,3,6,9,12H2,1-2H3,(H,23,28)(H,24,29);8-10H,4-7,13H2,1-3H3,(H,15,18);1-6H,(H,12,13);3H,2H2,1H3/t17-,23-;15-,17-;9-,10-;;/m000../s1. The van der Waals surface area contributed by atoms with Crippen molar-refractivity contribution >= 4 is 88.0 Å². The van der Waals surface area contributed by atoms with E-state index in [-0.39, 0.29) is 59.7 Å². The molecule has 9 amide bonds. The van der Waals surface area contributed by atoms with E-state index in [1.807, 2.05) is 68.4 Å². The highest BCUT2D eigenvalue weighted by Crippen LogP contribution is 2.44. The first-order valence-electron chi connectivity index (χ1n) is 32.1. The monoisotopic (exact) mass is 1320 g/mol. The number of likely N-dealkylation sites (tertiary alicyclic amines) is 3. The summed E-state index contributed by atoms with van der Waals surface area (Å²) in [6, 6.07) is 31.5. The lowest BCUT2D eigenvalue weighted by atomic mass is 9.98. The van der Waals surface area contributed by atoms with Gasteiger partial charge in [-0.1, -0.05) is 118 Å². The topological polar surface area (TPSA) is 362 Å². The number of carboxylic acid groups (broad SMARTS) is 1. The third kappa shape index (κ3) is 19.7. The van der Waals surface area contributed by atoms with Crippen molar-refractivity contribution in [2.45, 2.75) is 121 Å². The first-order chi connectivity index (χ1) is 46.3. The van der Waals surface area contributed by atoms with Gasteiger partial charge in [-0.15, -0.1) is 0 Å². The number of urea groups is 2. The van der Waals surface area contributed by atoms with E-state index in [2.05, 4.69) is 76.9 Å². The summed E-state index contributed by atoms with van der Waals surface area (Å²) in [5, 5.41) is 22.5.